The Bertz CT molecular complexity index is 574. The van der Waals surface area contributed by atoms with Gasteiger partial charge in [-0.2, -0.15) is 0 Å². The van der Waals surface area contributed by atoms with Gasteiger partial charge in [-0.15, -0.1) is 11.8 Å². The molecule has 2 fully saturated rings. The van der Waals surface area contributed by atoms with Gasteiger partial charge < -0.3 is 4.90 Å². The van der Waals surface area contributed by atoms with E-state index in [0.29, 0.717) is 5.75 Å². The molecule has 3 rings (SSSR count). The third kappa shape index (κ3) is 3.54. The van der Waals surface area contributed by atoms with E-state index in [9.17, 15) is 9.18 Å². The van der Waals surface area contributed by atoms with Crippen molar-refractivity contribution in [3.8, 4) is 0 Å². The molecule has 0 radical (unpaired) electrons. The lowest BCUT2D eigenvalue weighted by molar-refractivity contribution is -0.153. The molecule has 2 heterocycles. The molecule has 1 amide bonds. The fourth-order valence-corrected chi connectivity index (χ4v) is 4.73. The first-order chi connectivity index (χ1) is 11.5. The molecule has 2 aliphatic heterocycles. The number of carbonyl (C=O) groups is 1. The Morgan fingerprint density at radius 3 is 2.46 bits per heavy atom. The lowest BCUT2D eigenvalue weighted by Crippen LogP contribution is -2.59. The molecule has 132 valence electrons. The minimum absolute atomic E-state index is 0.106. The Morgan fingerprint density at radius 1 is 1.17 bits per heavy atom. The van der Waals surface area contributed by atoms with Crippen LogP contribution in [-0.4, -0.2) is 52.7 Å². The van der Waals surface area contributed by atoms with Gasteiger partial charge in [-0.25, -0.2) is 9.40 Å². The number of halogens is 1. The maximum atomic E-state index is 13.1. The van der Waals surface area contributed by atoms with Crippen molar-refractivity contribution in [2.75, 3.05) is 36.8 Å². The topological polar surface area (TPSA) is 26.8 Å². The number of thioether (sulfide) groups is 1. The molecule has 24 heavy (non-hydrogen) atoms. The summed E-state index contributed by atoms with van der Waals surface area (Å²) in [7, 11) is 0. The molecule has 0 bridgehead atoms. The summed E-state index contributed by atoms with van der Waals surface area (Å²) in [5, 5.41) is 4.24. The Labute approximate surface area is 147 Å². The fourth-order valence-electron chi connectivity index (χ4n) is 3.55. The molecule has 2 saturated heterocycles. The van der Waals surface area contributed by atoms with Gasteiger partial charge in [0.05, 0.1) is 5.75 Å². The van der Waals surface area contributed by atoms with Gasteiger partial charge in [-0.05, 0) is 37.6 Å². The highest BCUT2D eigenvalue weighted by Crippen LogP contribution is 2.41. The summed E-state index contributed by atoms with van der Waals surface area (Å²) in [6.45, 7) is 7.74. The van der Waals surface area contributed by atoms with Gasteiger partial charge in [-0.3, -0.25) is 9.80 Å². The van der Waals surface area contributed by atoms with Crippen molar-refractivity contribution in [3.63, 3.8) is 0 Å². The number of piperazine rings is 1. The zero-order chi connectivity index (χ0) is 17.2. The average molecular weight is 351 g/mol. The third-order valence-electron chi connectivity index (χ3n) is 4.92. The Hall–Kier alpha value is -1.27. The van der Waals surface area contributed by atoms with E-state index in [0.717, 1.165) is 51.1 Å². The number of hydrogen-bond acceptors (Lipinski definition) is 4. The van der Waals surface area contributed by atoms with Gasteiger partial charge >= 0.3 is 0 Å². The van der Waals surface area contributed by atoms with Crippen LogP contribution in [0, 0.1) is 5.82 Å². The van der Waals surface area contributed by atoms with Crippen LogP contribution in [0.15, 0.2) is 24.3 Å². The van der Waals surface area contributed by atoms with E-state index in [1.165, 1.54) is 12.1 Å². The molecule has 1 unspecified atom stereocenters. The molecule has 0 saturated carbocycles. The van der Waals surface area contributed by atoms with Crippen LogP contribution < -0.4 is 4.90 Å². The number of hydrazine groups is 1. The van der Waals surface area contributed by atoms with Crippen LogP contribution in [0.2, 0.25) is 0 Å². The molecule has 1 aromatic rings. The van der Waals surface area contributed by atoms with Crippen molar-refractivity contribution < 1.29 is 9.18 Å². The van der Waals surface area contributed by atoms with E-state index in [1.54, 1.807) is 11.8 Å². The summed E-state index contributed by atoms with van der Waals surface area (Å²) in [5.74, 6) is 0.607. The van der Waals surface area contributed by atoms with E-state index in [2.05, 4.69) is 23.8 Å². The van der Waals surface area contributed by atoms with Crippen LogP contribution in [0.5, 0.6) is 0 Å². The van der Waals surface area contributed by atoms with Crippen molar-refractivity contribution in [1.82, 2.24) is 10.0 Å². The molecule has 1 atom stereocenters. The van der Waals surface area contributed by atoms with Crippen LogP contribution >= 0.6 is 11.8 Å². The Balaban J connectivity index is 1.64. The molecule has 0 spiro atoms. The zero-order valence-electron chi connectivity index (χ0n) is 14.5. The average Bonchev–Trinajstić information content (AvgIpc) is 2.89. The summed E-state index contributed by atoms with van der Waals surface area (Å²) in [6.07, 6.45) is 3.33. The summed E-state index contributed by atoms with van der Waals surface area (Å²) in [5.41, 5.74) is 1.05. The normalized spacial score (nSPS) is 25.5. The highest BCUT2D eigenvalue weighted by Gasteiger charge is 2.45. The van der Waals surface area contributed by atoms with E-state index in [1.807, 2.05) is 17.1 Å². The predicted octanol–water partition coefficient (Wildman–Crippen LogP) is 3.34. The molecule has 2 aliphatic rings. The highest BCUT2D eigenvalue weighted by molar-refractivity contribution is 8.01. The van der Waals surface area contributed by atoms with Crippen molar-refractivity contribution >= 4 is 23.4 Å². The van der Waals surface area contributed by atoms with E-state index in [4.69, 9.17) is 0 Å². The van der Waals surface area contributed by atoms with Crippen LogP contribution in [0.1, 0.15) is 33.1 Å². The molecule has 4 nitrogen and oxygen atoms in total. The second kappa shape index (κ2) is 7.31. The van der Waals surface area contributed by atoms with Crippen molar-refractivity contribution in [1.29, 1.82) is 0 Å². The second-order valence-corrected chi connectivity index (χ2v) is 8.15. The fraction of sp³-hybridized carbons (Fsp3) is 0.611. The number of anilines is 1. The summed E-state index contributed by atoms with van der Waals surface area (Å²) < 4.78 is 13.1. The van der Waals surface area contributed by atoms with Crippen LogP contribution in [0.25, 0.3) is 0 Å². The quantitative estimate of drug-likeness (QED) is 0.813. The van der Waals surface area contributed by atoms with Gasteiger partial charge in [0.25, 0.3) is 0 Å². The number of nitrogens with zero attached hydrogens (tertiary/aromatic N) is 3. The third-order valence-corrected chi connectivity index (χ3v) is 6.31. The van der Waals surface area contributed by atoms with Crippen molar-refractivity contribution in [2.45, 2.75) is 38.0 Å². The van der Waals surface area contributed by atoms with Crippen LogP contribution in [0.4, 0.5) is 10.1 Å². The van der Waals surface area contributed by atoms with E-state index >= 15 is 0 Å². The van der Waals surface area contributed by atoms with Gasteiger partial charge in [0, 0.05) is 31.9 Å². The number of hydrogen-bond donors (Lipinski definition) is 0. The highest BCUT2D eigenvalue weighted by atomic mass is 32.2. The standard InChI is InChI=1S/C18H26FN3OS/c1-3-4-9-18(2)22(17(23)14-24-18)21-12-10-20(11-13-21)16-7-5-15(19)6-8-16/h5-8H,3-4,9-14H2,1-2H3. The first-order valence-corrected chi connectivity index (χ1v) is 9.74. The number of benzene rings is 1. The number of amides is 1. The van der Waals surface area contributed by atoms with Gasteiger partial charge in [-0.1, -0.05) is 19.8 Å². The Morgan fingerprint density at radius 2 is 1.83 bits per heavy atom. The van der Waals surface area contributed by atoms with Crippen molar-refractivity contribution in [2.24, 2.45) is 0 Å². The molecule has 6 heteroatoms. The molecular weight excluding hydrogens is 325 g/mol. The number of rotatable bonds is 5. The SMILES string of the molecule is CCCCC1(C)SCC(=O)N1N1CCN(c2ccc(F)cc2)CC1. The number of carbonyl (C=O) groups excluding carboxylic acids is 1. The van der Waals surface area contributed by atoms with E-state index < -0.39 is 0 Å². The minimum atomic E-state index is -0.205. The van der Waals surface area contributed by atoms with E-state index in [-0.39, 0.29) is 16.6 Å². The first kappa shape index (κ1) is 17.5. The maximum absolute atomic E-state index is 13.1. The zero-order valence-corrected chi connectivity index (χ0v) is 15.3. The number of unbranched alkanes of at least 4 members (excludes halogenated alkanes) is 1. The molecule has 0 aromatic heterocycles. The minimum Gasteiger partial charge on any atom is -0.369 e. The maximum Gasteiger partial charge on any atom is 0.248 e. The summed E-state index contributed by atoms with van der Waals surface area (Å²) in [6, 6.07) is 6.66. The molecular formula is C18H26FN3OS. The summed E-state index contributed by atoms with van der Waals surface area (Å²) >= 11 is 1.77. The summed E-state index contributed by atoms with van der Waals surface area (Å²) in [4.78, 5) is 14.6. The molecule has 1 aromatic carbocycles. The monoisotopic (exact) mass is 351 g/mol. The molecule has 0 N–H and O–H groups in total. The lowest BCUT2D eigenvalue weighted by Gasteiger charge is -2.46. The van der Waals surface area contributed by atoms with Gasteiger partial charge in [0.15, 0.2) is 0 Å². The predicted molar refractivity (Wildman–Crippen MR) is 97.4 cm³/mol. The van der Waals surface area contributed by atoms with Crippen LogP contribution in [0.3, 0.4) is 0 Å². The molecule has 0 aliphatic carbocycles. The Kier molecular flexibility index (Phi) is 5.35. The van der Waals surface area contributed by atoms with Gasteiger partial charge in [0.2, 0.25) is 5.91 Å². The first-order valence-electron chi connectivity index (χ1n) is 8.76. The lowest BCUT2D eigenvalue weighted by atomic mass is 10.1. The van der Waals surface area contributed by atoms with Crippen molar-refractivity contribution in [3.05, 3.63) is 30.1 Å². The smallest absolute Gasteiger partial charge is 0.248 e. The van der Waals surface area contributed by atoms with Crippen LogP contribution in [-0.2, 0) is 4.79 Å². The van der Waals surface area contributed by atoms with Gasteiger partial charge in [0.1, 0.15) is 10.7 Å². The second-order valence-electron chi connectivity index (χ2n) is 6.69. The largest absolute Gasteiger partial charge is 0.369 e.